The first-order chi connectivity index (χ1) is 14.3. The predicted octanol–water partition coefficient (Wildman–Crippen LogP) is 7.57. The van der Waals surface area contributed by atoms with Crippen LogP contribution in [0.2, 0.25) is 0 Å². The maximum atomic E-state index is 3.58. The molecular formula is C28H29N. The molecule has 0 radical (unpaired) electrons. The Morgan fingerprint density at radius 2 is 1.03 bits per heavy atom. The molecular weight excluding hydrogens is 350 g/mol. The summed E-state index contributed by atoms with van der Waals surface area (Å²) in [6.45, 7) is 0. The molecule has 0 unspecified atom stereocenters. The molecule has 0 heterocycles. The topological polar surface area (TPSA) is 12.0 Å². The summed E-state index contributed by atoms with van der Waals surface area (Å²) in [5.74, 6) is 3.01. The largest absolute Gasteiger partial charge is 0.356 e. The Morgan fingerprint density at radius 3 is 1.59 bits per heavy atom. The Morgan fingerprint density at radius 1 is 0.552 bits per heavy atom. The lowest BCUT2D eigenvalue weighted by Gasteiger charge is -2.57. The van der Waals surface area contributed by atoms with Crippen LogP contribution in [0, 0.1) is 17.8 Å². The van der Waals surface area contributed by atoms with Gasteiger partial charge in [0.1, 0.15) is 0 Å². The van der Waals surface area contributed by atoms with E-state index in [9.17, 15) is 0 Å². The van der Waals surface area contributed by atoms with Gasteiger partial charge in [-0.2, -0.15) is 0 Å². The molecule has 4 bridgehead atoms. The molecule has 4 aliphatic rings. The van der Waals surface area contributed by atoms with Gasteiger partial charge in [0.2, 0.25) is 0 Å². The van der Waals surface area contributed by atoms with Crippen LogP contribution < -0.4 is 5.32 Å². The second kappa shape index (κ2) is 6.76. The van der Waals surface area contributed by atoms with Gasteiger partial charge in [-0.25, -0.2) is 0 Å². The quantitative estimate of drug-likeness (QED) is 0.493. The summed E-state index contributed by atoms with van der Waals surface area (Å²) < 4.78 is 0. The number of hydrogen-bond acceptors (Lipinski definition) is 1. The van der Waals surface area contributed by atoms with Gasteiger partial charge in [-0.05, 0) is 103 Å². The number of rotatable bonds is 4. The monoisotopic (exact) mass is 379 g/mol. The highest BCUT2D eigenvalue weighted by molar-refractivity contribution is 5.68. The van der Waals surface area contributed by atoms with E-state index in [0.29, 0.717) is 5.41 Å². The SMILES string of the molecule is c1ccc(-c2ccc(Nc3ccc(C45CC6CC(CC(C6)C4)C5)cc3)cc2)cc1. The van der Waals surface area contributed by atoms with Crippen molar-refractivity contribution >= 4 is 11.4 Å². The van der Waals surface area contributed by atoms with Crippen molar-refractivity contribution in [1.29, 1.82) is 0 Å². The number of anilines is 2. The number of nitrogens with one attached hydrogen (secondary N) is 1. The average molecular weight is 380 g/mol. The van der Waals surface area contributed by atoms with Gasteiger partial charge in [0, 0.05) is 11.4 Å². The molecule has 0 aliphatic heterocycles. The Kier molecular flexibility index (Phi) is 4.04. The van der Waals surface area contributed by atoms with E-state index in [1.54, 1.807) is 5.56 Å². The van der Waals surface area contributed by atoms with Crippen LogP contribution in [0.25, 0.3) is 11.1 Å². The fourth-order valence-electron chi connectivity index (χ4n) is 6.91. The van der Waals surface area contributed by atoms with Crippen LogP contribution in [0.3, 0.4) is 0 Å². The molecule has 4 aliphatic carbocycles. The van der Waals surface area contributed by atoms with E-state index < -0.39 is 0 Å². The minimum absolute atomic E-state index is 0.491. The molecule has 0 spiro atoms. The highest BCUT2D eigenvalue weighted by Crippen LogP contribution is 2.60. The summed E-state index contributed by atoms with van der Waals surface area (Å²) in [5, 5.41) is 3.58. The van der Waals surface area contributed by atoms with Crippen molar-refractivity contribution in [3.8, 4) is 11.1 Å². The number of benzene rings is 3. The van der Waals surface area contributed by atoms with E-state index in [0.717, 1.165) is 23.4 Å². The molecule has 3 aromatic rings. The van der Waals surface area contributed by atoms with Crippen molar-refractivity contribution in [2.24, 2.45) is 17.8 Å². The maximum absolute atomic E-state index is 3.58. The highest BCUT2D eigenvalue weighted by atomic mass is 14.9. The molecule has 7 rings (SSSR count). The lowest BCUT2D eigenvalue weighted by molar-refractivity contribution is -0.00518. The third-order valence-electron chi connectivity index (χ3n) is 7.82. The zero-order valence-electron chi connectivity index (χ0n) is 17.0. The van der Waals surface area contributed by atoms with Crippen LogP contribution in [0.5, 0.6) is 0 Å². The molecule has 146 valence electrons. The molecule has 0 saturated heterocycles. The predicted molar refractivity (Wildman–Crippen MR) is 121 cm³/mol. The molecule has 0 amide bonds. The molecule has 4 saturated carbocycles. The van der Waals surface area contributed by atoms with Crippen LogP contribution in [0.15, 0.2) is 78.9 Å². The molecule has 4 fully saturated rings. The van der Waals surface area contributed by atoms with Crippen molar-refractivity contribution in [3.63, 3.8) is 0 Å². The summed E-state index contributed by atoms with van der Waals surface area (Å²) in [4.78, 5) is 0. The van der Waals surface area contributed by atoms with Gasteiger partial charge in [0.25, 0.3) is 0 Å². The summed E-state index contributed by atoms with van der Waals surface area (Å²) in [6.07, 6.45) is 8.85. The van der Waals surface area contributed by atoms with Gasteiger partial charge in [-0.15, -0.1) is 0 Å². The minimum atomic E-state index is 0.491. The van der Waals surface area contributed by atoms with Crippen molar-refractivity contribution in [2.45, 2.75) is 43.9 Å². The second-order valence-corrected chi connectivity index (χ2v) is 9.84. The average Bonchev–Trinajstić information content (AvgIpc) is 2.74. The summed E-state index contributed by atoms with van der Waals surface area (Å²) in [7, 11) is 0. The van der Waals surface area contributed by atoms with Crippen molar-refractivity contribution < 1.29 is 0 Å². The smallest absolute Gasteiger partial charge is 0.0384 e. The van der Waals surface area contributed by atoms with E-state index in [-0.39, 0.29) is 0 Å². The number of hydrogen-bond donors (Lipinski definition) is 1. The van der Waals surface area contributed by atoms with Crippen LogP contribution >= 0.6 is 0 Å². The summed E-state index contributed by atoms with van der Waals surface area (Å²) in [5.41, 5.74) is 6.94. The zero-order chi connectivity index (χ0) is 19.3. The summed E-state index contributed by atoms with van der Waals surface area (Å²) in [6, 6.07) is 28.7. The van der Waals surface area contributed by atoms with Crippen LogP contribution in [-0.2, 0) is 5.41 Å². The van der Waals surface area contributed by atoms with E-state index in [1.807, 2.05) is 0 Å². The van der Waals surface area contributed by atoms with Gasteiger partial charge in [0.15, 0.2) is 0 Å². The first-order valence-electron chi connectivity index (χ1n) is 11.3. The molecule has 1 nitrogen and oxygen atoms in total. The zero-order valence-corrected chi connectivity index (χ0v) is 17.0. The van der Waals surface area contributed by atoms with Crippen molar-refractivity contribution in [1.82, 2.24) is 0 Å². The lowest BCUT2D eigenvalue weighted by Crippen LogP contribution is -2.48. The standard InChI is InChI=1S/C28H29N/c1-2-4-23(5-3-1)24-6-10-26(11-7-24)29-27-12-8-25(9-13-27)28-17-20-14-21(18-28)16-22(15-20)19-28/h1-13,20-22,29H,14-19H2. The first-order valence-corrected chi connectivity index (χ1v) is 11.3. The fourth-order valence-corrected chi connectivity index (χ4v) is 6.91. The van der Waals surface area contributed by atoms with Gasteiger partial charge >= 0.3 is 0 Å². The first kappa shape index (κ1) is 17.3. The van der Waals surface area contributed by atoms with Crippen LogP contribution in [0.1, 0.15) is 44.1 Å². The fraction of sp³-hybridized carbons (Fsp3) is 0.357. The molecule has 3 aromatic carbocycles. The molecule has 0 aromatic heterocycles. The Balaban J connectivity index is 1.19. The van der Waals surface area contributed by atoms with Crippen LogP contribution in [0.4, 0.5) is 11.4 Å². The van der Waals surface area contributed by atoms with Gasteiger partial charge in [0.05, 0.1) is 0 Å². The molecule has 0 atom stereocenters. The van der Waals surface area contributed by atoms with E-state index in [4.69, 9.17) is 0 Å². The second-order valence-electron chi connectivity index (χ2n) is 9.84. The van der Waals surface area contributed by atoms with Crippen LogP contribution in [-0.4, -0.2) is 0 Å². The van der Waals surface area contributed by atoms with Gasteiger partial charge in [-0.1, -0.05) is 54.6 Å². The Bertz CT molecular complexity index is 949. The minimum Gasteiger partial charge on any atom is -0.356 e. The van der Waals surface area contributed by atoms with E-state index in [2.05, 4.69) is 84.2 Å². The van der Waals surface area contributed by atoms with Gasteiger partial charge in [-0.3, -0.25) is 0 Å². The van der Waals surface area contributed by atoms with E-state index in [1.165, 1.54) is 55.3 Å². The molecule has 1 N–H and O–H groups in total. The Labute approximate surface area is 174 Å². The Hall–Kier alpha value is -2.54. The molecule has 1 heteroatoms. The third kappa shape index (κ3) is 3.17. The summed E-state index contributed by atoms with van der Waals surface area (Å²) >= 11 is 0. The molecule has 29 heavy (non-hydrogen) atoms. The maximum Gasteiger partial charge on any atom is 0.0384 e. The van der Waals surface area contributed by atoms with E-state index >= 15 is 0 Å². The highest BCUT2D eigenvalue weighted by Gasteiger charge is 2.51. The van der Waals surface area contributed by atoms with Gasteiger partial charge < -0.3 is 5.32 Å². The lowest BCUT2D eigenvalue weighted by atomic mass is 9.48. The normalized spacial score (nSPS) is 29.7. The van der Waals surface area contributed by atoms with Crippen molar-refractivity contribution in [2.75, 3.05) is 5.32 Å². The third-order valence-corrected chi connectivity index (χ3v) is 7.82. The van der Waals surface area contributed by atoms with Crippen molar-refractivity contribution in [3.05, 3.63) is 84.4 Å².